The summed E-state index contributed by atoms with van der Waals surface area (Å²) in [7, 11) is 0. The Morgan fingerprint density at radius 1 is 1.00 bits per heavy atom. The minimum Gasteiger partial charge on any atom is -0.480 e. The number of aliphatic hydroxyl groups excluding tert-OH is 1. The summed E-state index contributed by atoms with van der Waals surface area (Å²) in [5.74, 6) is -3.69. The van der Waals surface area contributed by atoms with Crippen LogP contribution in [0, 0.1) is 5.92 Å². The highest BCUT2D eigenvalue weighted by molar-refractivity contribution is 5.95. The van der Waals surface area contributed by atoms with E-state index in [1.165, 1.54) is 0 Å². The monoisotopic (exact) mass is 532 g/mol. The van der Waals surface area contributed by atoms with Crippen LogP contribution in [0.15, 0.2) is 30.5 Å². The fourth-order valence-corrected chi connectivity index (χ4v) is 4.05. The highest BCUT2D eigenvalue weighted by Crippen LogP contribution is 2.19. The van der Waals surface area contributed by atoms with Crippen LogP contribution < -0.4 is 27.4 Å². The van der Waals surface area contributed by atoms with Gasteiger partial charge in [-0.1, -0.05) is 44.9 Å². The summed E-state index contributed by atoms with van der Waals surface area (Å²) in [6.45, 7) is 3.17. The van der Waals surface area contributed by atoms with Gasteiger partial charge in [0.2, 0.25) is 17.7 Å². The lowest BCUT2D eigenvalue weighted by Gasteiger charge is -2.25. The standard InChI is InChI=1S/C26H40N6O6/c1-3-15(2)22(26(37)38)32-25(36)21(14-33)31-24(35)20(30-23(34)18(28)9-6-7-11-27)12-16-13-29-19-10-5-4-8-17(16)19/h4-5,8,10,13,15,18,20-22,29,33H,3,6-7,9,11-12,14,27-28H2,1-2H3,(H,30,34)(H,31,35)(H,32,36)(H,37,38). The van der Waals surface area contributed by atoms with Crippen LogP contribution in [0.4, 0.5) is 0 Å². The fraction of sp³-hybridized carbons (Fsp3) is 0.538. The van der Waals surface area contributed by atoms with Gasteiger partial charge in [-0.15, -0.1) is 0 Å². The van der Waals surface area contributed by atoms with Gasteiger partial charge in [-0.2, -0.15) is 0 Å². The lowest BCUT2D eigenvalue weighted by Crippen LogP contribution is -2.59. The zero-order valence-corrected chi connectivity index (χ0v) is 21.9. The van der Waals surface area contributed by atoms with Crippen molar-refractivity contribution >= 4 is 34.6 Å². The maximum absolute atomic E-state index is 13.3. The second-order valence-electron chi connectivity index (χ2n) is 9.47. The van der Waals surface area contributed by atoms with Gasteiger partial charge in [0.15, 0.2) is 0 Å². The molecule has 1 heterocycles. The van der Waals surface area contributed by atoms with Crippen LogP contribution in [-0.2, 0) is 25.6 Å². The largest absolute Gasteiger partial charge is 0.480 e. The summed E-state index contributed by atoms with van der Waals surface area (Å²) in [5, 5.41) is 27.7. The van der Waals surface area contributed by atoms with Gasteiger partial charge in [-0.05, 0) is 36.9 Å². The van der Waals surface area contributed by atoms with Crippen LogP contribution in [0.3, 0.4) is 0 Å². The first-order valence-electron chi connectivity index (χ1n) is 12.9. The van der Waals surface area contributed by atoms with E-state index in [9.17, 15) is 29.4 Å². The molecule has 210 valence electrons. The normalized spacial score (nSPS) is 15.2. The van der Waals surface area contributed by atoms with Gasteiger partial charge in [-0.25, -0.2) is 4.79 Å². The Kier molecular flexibility index (Phi) is 12.2. The van der Waals surface area contributed by atoms with Crippen molar-refractivity contribution in [3.63, 3.8) is 0 Å². The number of para-hydroxylation sites is 1. The van der Waals surface area contributed by atoms with E-state index in [0.29, 0.717) is 32.2 Å². The quantitative estimate of drug-likeness (QED) is 0.135. The molecule has 3 amide bonds. The number of carbonyl (C=O) groups excluding carboxylic acids is 3. The number of nitrogens with one attached hydrogen (secondary N) is 4. The van der Waals surface area contributed by atoms with Gasteiger partial charge in [0.05, 0.1) is 12.6 Å². The molecule has 0 saturated carbocycles. The van der Waals surface area contributed by atoms with Gasteiger partial charge in [0.1, 0.15) is 18.1 Å². The molecule has 38 heavy (non-hydrogen) atoms. The molecule has 2 rings (SSSR count). The number of unbranched alkanes of at least 4 members (excludes halogenated alkanes) is 1. The van der Waals surface area contributed by atoms with E-state index < -0.39 is 54.5 Å². The molecular formula is C26H40N6O6. The molecule has 0 aliphatic heterocycles. The van der Waals surface area contributed by atoms with Crippen molar-refractivity contribution in [3.8, 4) is 0 Å². The molecule has 0 saturated heterocycles. The third kappa shape index (κ3) is 8.54. The summed E-state index contributed by atoms with van der Waals surface area (Å²) in [4.78, 5) is 53.6. The number of hydrogen-bond acceptors (Lipinski definition) is 7. The number of nitrogens with two attached hydrogens (primary N) is 2. The number of carbonyl (C=O) groups is 4. The third-order valence-electron chi connectivity index (χ3n) is 6.63. The van der Waals surface area contributed by atoms with Crippen LogP contribution in [0.1, 0.15) is 45.1 Å². The van der Waals surface area contributed by atoms with Crippen LogP contribution >= 0.6 is 0 Å². The molecule has 0 fully saturated rings. The Hall–Kier alpha value is -3.48. The first-order valence-corrected chi connectivity index (χ1v) is 12.9. The minimum absolute atomic E-state index is 0.0848. The van der Waals surface area contributed by atoms with Gasteiger partial charge >= 0.3 is 5.97 Å². The van der Waals surface area contributed by atoms with Crippen molar-refractivity contribution in [1.82, 2.24) is 20.9 Å². The molecule has 12 heteroatoms. The molecule has 1 aromatic carbocycles. The van der Waals surface area contributed by atoms with E-state index >= 15 is 0 Å². The topological polar surface area (TPSA) is 213 Å². The molecule has 5 unspecified atom stereocenters. The Bertz CT molecular complexity index is 1090. The van der Waals surface area contributed by atoms with Crippen molar-refractivity contribution < 1.29 is 29.4 Å². The van der Waals surface area contributed by atoms with Crippen molar-refractivity contribution in [3.05, 3.63) is 36.0 Å². The van der Waals surface area contributed by atoms with Crippen molar-refractivity contribution in [2.24, 2.45) is 17.4 Å². The lowest BCUT2D eigenvalue weighted by molar-refractivity contribution is -0.144. The highest BCUT2D eigenvalue weighted by Gasteiger charge is 2.32. The smallest absolute Gasteiger partial charge is 0.326 e. The Balaban J connectivity index is 2.21. The van der Waals surface area contributed by atoms with E-state index in [1.807, 2.05) is 24.3 Å². The number of carboxylic acid groups (broad SMARTS) is 1. The summed E-state index contributed by atoms with van der Waals surface area (Å²) in [6.07, 6.45) is 4.06. The SMILES string of the molecule is CCC(C)C(NC(=O)C(CO)NC(=O)C(Cc1c[nH]c2ccccc12)NC(=O)C(N)CCCCN)C(=O)O. The van der Waals surface area contributed by atoms with Crippen LogP contribution in [0.2, 0.25) is 0 Å². The van der Waals surface area contributed by atoms with Crippen LogP contribution in [0.25, 0.3) is 10.9 Å². The van der Waals surface area contributed by atoms with Crippen molar-refractivity contribution in [1.29, 1.82) is 0 Å². The summed E-state index contributed by atoms with van der Waals surface area (Å²) in [6, 6.07) is 2.88. The predicted molar refractivity (Wildman–Crippen MR) is 143 cm³/mol. The van der Waals surface area contributed by atoms with Crippen LogP contribution in [-0.4, -0.2) is 76.2 Å². The molecule has 1 aromatic heterocycles. The van der Waals surface area contributed by atoms with Gasteiger partial charge < -0.3 is 42.6 Å². The number of rotatable bonds is 16. The number of carboxylic acids is 1. The third-order valence-corrected chi connectivity index (χ3v) is 6.63. The Morgan fingerprint density at radius 2 is 1.66 bits per heavy atom. The number of aromatic nitrogens is 1. The van der Waals surface area contributed by atoms with E-state index in [-0.39, 0.29) is 12.3 Å². The maximum Gasteiger partial charge on any atom is 0.326 e. The molecule has 0 radical (unpaired) electrons. The molecular weight excluding hydrogens is 492 g/mol. The summed E-state index contributed by atoms with van der Waals surface area (Å²) < 4.78 is 0. The van der Waals surface area contributed by atoms with Crippen LogP contribution in [0.5, 0.6) is 0 Å². The molecule has 0 aliphatic carbocycles. The molecule has 0 bridgehead atoms. The van der Waals surface area contributed by atoms with Gasteiger partial charge in [0.25, 0.3) is 0 Å². The number of hydrogen-bond donors (Lipinski definition) is 8. The van der Waals surface area contributed by atoms with E-state index in [0.717, 1.165) is 16.5 Å². The molecule has 0 aliphatic rings. The number of aromatic amines is 1. The maximum atomic E-state index is 13.3. The average molecular weight is 533 g/mol. The number of benzene rings is 1. The average Bonchev–Trinajstić information content (AvgIpc) is 3.31. The Morgan fingerprint density at radius 3 is 2.29 bits per heavy atom. The second-order valence-corrected chi connectivity index (χ2v) is 9.47. The summed E-state index contributed by atoms with van der Waals surface area (Å²) in [5.41, 5.74) is 13.1. The molecule has 0 spiro atoms. The number of amides is 3. The number of aliphatic hydroxyl groups is 1. The zero-order chi connectivity index (χ0) is 28.2. The second kappa shape index (κ2) is 15.1. The fourth-order valence-electron chi connectivity index (χ4n) is 4.05. The Labute approximate surface area is 221 Å². The first kappa shape index (κ1) is 30.7. The van der Waals surface area contributed by atoms with E-state index in [2.05, 4.69) is 20.9 Å². The first-order chi connectivity index (χ1) is 18.1. The van der Waals surface area contributed by atoms with Crippen molar-refractivity contribution in [2.75, 3.05) is 13.2 Å². The molecule has 10 N–H and O–H groups in total. The van der Waals surface area contributed by atoms with Crippen molar-refractivity contribution in [2.45, 2.75) is 70.1 Å². The minimum atomic E-state index is -1.42. The highest BCUT2D eigenvalue weighted by atomic mass is 16.4. The number of aliphatic carboxylic acids is 1. The zero-order valence-electron chi connectivity index (χ0n) is 21.9. The molecule has 12 nitrogen and oxygen atoms in total. The molecule has 2 aromatic rings. The van der Waals surface area contributed by atoms with E-state index in [4.69, 9.17) is 11.5 Å². The van der Waals surface area contributed by atoms with Gasteiger partial charge in [-0.3, -0.25) is 14.4 Å². The number of H-pyrrole nitrogens is 1. The summed E-state index contributed by atoms with van der Waals surface area (Å²) >= 11 is 0. The predicted octanol–water partition coefficient (Wildman–Crippen LogP) is -0.256. The van der Waals surface area contributed by atoms with E-state index in [1.54, 1.807) is 20.0 Å². The molecule has 5 atom stereocenters. The van der Waals surface area contributed by atoms with Gasteiger partial charge in [0, 0.05) is 23.5 Å². The number of fused-ring (bicyclic) bond motifs is 1. The lowest BCUT2D eigenvalue weighted by atomic mass is 9.99.